The van der Waals surface area contributed by atoms with Gasteiger partial charge in [-0.1, -0.05) is 27.7 Å². The summed E-state index contributed by atoms with van der Waals surface area (Å²) in [5.41, 5.74) is 5.84. The third-order valence-corrected chi connectivity index (χ3v) is 3.17. The summed E-state index contributed by atoms with van der Waals surface area (Å²) in [4.78, 5) is 14.0. The van der Waals surface area contributed by atoms with Crippen LogP contribution in [0.4, 0.5) is 0 Å². The van der Waals surface area contributed by atoms with E-state index in [1.165, 1.54) is 6.42 Å². The molecule has 1 unspecified atom stereocenters. The normalized spacial score (nSPS) is 25.1. The van der Waals surface area contributed by atoms with Crippen molar-refractivity contribution in [3.8, 4) is 0 Å². The second-order valence-corrected chi connectivity index (χ2v) is 5.88. The van der Waals surface area contributed by atoms with Gasteiger partial charge in [0.15, 0.2) is 0 Å². The molecule has 88 valence electrons. The zero-order chi connectivity index (χ0) is 11.6. The van der Waals surface area contributed by atoms with Crippen molar-refractivity contribution in [1.82, 2.24) is 4.90 Å². The van der Waals surface area contributed by atoms with Crippen molar-refractivity contribution in [2.24, 2.45) is 17.1 Å². The summed E-state index contributed by atoms with van der Waals surface area (Å²) >= 11 is 0. The lowest BCUT2D eigenvalue weighted by atomic mass is 9.86. The number of hydrogen-bond donors (Lipinski definition) is 1. The minimum absolute atomic E-state index is 0.119. The molecule has 0 saturated carbocycles. The molecule has 1 aliphatic heterocycles. The average Bonchev–Trinajstić information content (AvgIpc) is 2.14. The summed E-state index contributed by atoms with van der Waals surface area (Å²) in [6, 6.07) is -0.372. The van der Waals surface area contributed by atoms with Gasteiger partial charge in [0.2, 0.25) is 5.91 Å². The molecule has 0 bridgehead atoms. The highest BCUT2D eigenvalue weighted by molar-refractivity contribution is 5.82. The number of likely N-dealkylation sites (tertiary alicyclic amines) is 1. The first-order chi connectivity index (χ1) is 6.82. The Labute approximate surface area is 93.0 Å². The Morgan fingerprint density at radius 2 is 2.07 bits per heavy atom. The molecule has 1 saturated heterocycles. The maximum Gasteiger partial charge on any atom is 0.240 e. The van der Waals surface area contributed by atoms with Gasteiger partial charge in [-0.15, -0.1) is 0 Å². The smallest absolute Gasteiger partial charge is 0.240 e. The highest BCUT2D eigenvalue weighted by atomic mass is 16.2. The van der Waals surface area contributed by atoms with Gasteiger partial charge in [0.05, 0.1) is 6.04 Å². The summed E-state index contributed by atoms with van der Waals surface area (Å²) in [7, 11) is 0. The van der Waals surface area contributed by atoms with E-state index in [0.29, 0.717) is 5.92 Å². The predicted octanol–water partition coefficient (Wildman–Crippen LogP) is 1.62. The molecule has 0 radical (unpaired) electrons. The predicted molar refractivity (Wildman–Crippen MR) is 62.4 cm³/mol. The van der Waals surface area contributed by atoms with Crippen LogP contribution in [0.3, 0.4) is 0 Å². The lowest BCUT2D eigenvalue weighted by Gasteiger charge is -2.36. The van der Waals surface area contributed by atoms with E-state index >= 15 is 0 Å². The molecule has 2 N–H and O–H groups in total. The van der Waals surface area contributed by atoms with Crippen LogP contribution >= 0.6 is 0 Å². The molecule has 0 aromatic carbocycles. The number of rotatable bonds is 1. The van der Waals surface area contributed by atoms with E-state index in [1.54, 1.807) is 0 Å². The maximum atomic E-state index is 12.1. The van der Waals surface area contributed by atoms with E-state index in [4.69, 9.17) is 5.73 Å². The van der Waals surface area contributed by atoms with Crippen molar-refractivity contribution in [3.05, 3.63) is 0 Å². The van der Waals surface area contributed by atoms with Gasteiger partial charge in [-0.2, -0.15) is 0 Å². The zero-order valence-corrected chi connectivity index (χ0v) is 10.4. The fraction of sp³-hybridized carbons (Fsp3) is 0.917. The Morgan fingerprint density at radius 1 is 1.47 bits per heavy atom. The van der Waals surface area contributed by atoms with Crippen LogP contribution in [0.5, 0.6) is 0 Å². The van der Waals surface area contributed by atoms with E-state index in [1.807, 2.05) is 25.7 Å². The van der Waals surface area contributed by atoms with E-state index in [2.05, 4.69) is 6.92 Å². The van der Waals surface area contributed by atoms with Crippen LogP contribution in [0.2, 0.25) is 0 Å². The van der Waals surface area contributed by atoms with Crippen LogP contribution in [0, 0.1) is 11.3 Å². The van der Waals surface area contributed by atoms with Crippen LogP contribution in [-0.2, 0) is 4.79 Å². The highest BCUT2D eigenvalue weighted by Gasteiger charge is 2.32. The molecule has 0 aromatic rings. The Hall–Kier alpha value is -0.570. The fourth-order valence-corrected chi connectivity index (χ4v) is 1.96. The van der Waals surface area contributed by atoms with Gasteiger partial charge in [0.1, 0.15) is 0 Å². The van der Waals surface area contributed by atoms with Crippen molar-refractivity contribution >= 4 is 5.91 Å². The van der Waals surface area contributed by atoms with Crippen LogP contribution in [0.1, 0.15) is 40.5 Å². The summed E-state index contributed by atoms with van der Waals surface area (Å²) < 4.78 is 0. The summed E-state index contributed by atoms with van der Waals surface area (Å²) in [5, 5.41) is 0. The maximum absolute atomic E-state index is 12.1. The molecular weight excluding hydrogens is 188 g/mol. The second-order valence-electron chi connectivity index (χ2n) is 5.88. The molecule has 1 aliphatic rings. The molecule has 1 heterocycles. The van der Waals surface area contributed by atoms with Crippen LogP contribution < -0.4 is 5.73 Å². The number of nitrogens with zero attached hydrogens (tertiary/aromatic N) is 1. The van der Waals surface area contributed by atoms with Gasteiger partial charge in [0, 0.05) is 13.1 Å². The first-order valence-electron chi connectivity index (χ1n) is 5.86. The van der Waals surface area contributed by atoms with Crippen LogP contribution in [-0.4, -0.2) is 29.9 Å². The number of hydrogen-bond acceptors (Lipinski definition) is 2. The van der Waals surface area contributed by atoms with Crippen LogP contribution in [0.25, 0.3) is 0 Å². The van der Waals surface area contributed by atoms with Crippen molar-refractivity contribution in [2.45, 2.75) is 46.6 Å². The van der Waals surface area contributed by atoms with Crippen molar-refractivity contribution in [2.75, 3.05) is 13.1 Å². The number of piperidine rings is 1. The van der Waals surface area contributed by atoms with Gasteiger partial charge in [-0.25, -0.2) is 0 Å². The lowest BCUT2D eigenvalue weighted by molar-refractivity contribution is -0.136. The molecule has 0 aromatic heterocycles. The van der Waals surface area contributed by atoms with Gasteiger partial charge in [-0.05, 0) is 24.2 Å². The topological polar surface area (TPSA) is 46.3 Å². The van der Waals surface area contributed by atoms with E-state index < -0.39 is 0 Å². The van der Waals surface area contributed by atoms with Crippen LogP contribution in [0.15, 0.2) is 0 Å². The SMILES string of the molecule is CC1CCCN(C(=O)[C@H](N)C(C)(C)C)C1. The Kier molecular flexibility index (Phi) is 3.77. The zero-order valence-electron chi connectivity index (χ0n) is 10.4. The molecular formula is C12H24N2O. The van der Waals surface area contributed by atoms with E-state index in [9.17, 15) is 4.79 Å². The van der Waals surface area contributed by atoms with Gasteiger partial charge in [-0.3, -0.25) is 4.79 Å². The standard InChI is InChI=1S/C12H24N2O/c1-9-6-5-7-14(8-9)11(15)10(13)12(2,3)4/h9-10H,5-8,13H2,1-4H3/t9?,10-/m0/s1. The lowest BCUT2D eigenvalue weighted by Crippen LogP contribution is -2.52. The summed E-state index contributed by atoms with van der Waals surface area (Å²) in [6.45, 7) is 10.0. The molecule has 0 spiro atoms. The Balaban J connectivity index is 2.60. The van der Waals surface area contributed by atoms with E-state index in [-0.39, 0.29) is 17.4 Å². The minimum Gasteiger partial charge on any atom is -0.341 e. The molecule has 3 nitrogen and oxygen atoms in total. The first kappa shape index (κ1) is 12.5. The van der Waals surface area contributed by atoms with Gasteiger partial charge >= 0.3 is 0 Å². The third kappa shape index (κ3) is 3.20. The molecule has 3 heteroatoms. The fourth-order valence-electron chi connectivity index (χ4n) is 1.96. The number of nitrogens with two attached hydrogens (primary N) is 1. The van der Waals surface area contributed by atoms with Gasteiger partial charge < -0.3 is 10.6 Å². The molecule has 1 rings (SSSR count). The Bertz CT molecular complexity index is 232. The van der Waals surface area contributed by atoms with E-state index in [0.717, 1.165) is 19.5 Å². The molecule has 2 atom stereocenters. The number of carbonyl (C=O) groups is 1. The third-order valence-electron chi connectivity index (χ3n) is 3.17. The monoisotopic (exact) mass is 212 g/mol. The number of amides is 1. The van der Waals surface area contributed by atoms with Gasteiger partial charge in [0.25, 0.3) is 0 Å². The molecule has 0 aliphatic carbocycles. The average molecular weight is 212 g/mol. The highest BCUT2D eigenvalue weighted by Crippen LogP contribution is 2.22. The minimum atomic E-state index is -0.372. The Morgan fingerprint density at radius 3 is 2.53 bits per heavy atom. The largest absolute Gasteiger partial charge is 0.341 e. The number of carbonyl (C=O) groups excluding carboxylic acids is 1. The van der Waals surface area contributed by atoms with Crippen molar-refractivity contribution in [3.63, 3.8) is 0 Å². The molecule has 1 fully saturated rings. The molecule has 15 heavy (non-hydrogen) atoms. The second kappa shape index (κ2) is 4.52. The summed E-state index contributed by atoms with van der Waals surface area (Å²) in [6.07, 6.45) is 2.35. The quantitative estimate of drug-likeness (QED) is 0.718. The molecule has 1 amide bonds. The van der Waals surface area contributed by atoms with Crippen molar-refractivity contribution in [1.29, 1.82) is 0 Å². The summed E-state index contributed by atoms with van der Waals surface area (Å²) in [5.74, 6) is 0.740. The first-order valence-corrected chi connectivity index (χ1v) is 5.86. The van der Waals surface area contributed by atoms with Crippen molar-refractivity contribution < 1.29 is 4.79 Å².